The molecule has 248 valence electrons. The van der Waals surface area contributed by atoms with Crippen molar-refractivity contribution in [2.45, 2.75) is 77.4 Å². The predicted octanol–water partition coefficient (Wildman–Crippen LogP) is 13.4. The molecule has 0 saturated heterocycles. The van der Waals surface area contributed by atoms with Crippen LogP contribution in [0, 0.1) is 6.92 Å². The average Bonchev–Trinajstić information content (AvgIpc) is 3.14. The van der Waals surface area contributed by atoms with Gasteiger partial charge in [-0.3, -0.25) is 0 Å². The first-order valence-corrected chi connectivity index (χ1v) is 18.3. The molecule has 0 radical (unpaired) electrons. The van der Waals surface area contributed by atoms with Crippen LogP contribution in [0.25, 0.3) is 44.5 Å². The Kier molecular flexibility index (Phi) is 11.8. The lowest BCUT2D eigenvalue weighted by molar-refractivity contribution is 0.108. The Morgan fingerprint density at radius 2 is 0.837 bits per heavy atom. The minimum absolute atomic E-state index is 0.504. The van der Waals surface area contributed by atoms with Crippen LogP contribution < -0.4 is 0 Å². The molecule has 0 atom stereocenters. The van der Waals surface area contributed by atoms with E-state index in [0.29, 0.717) is 13.2 Å². The number of benzene rings is 6. The summed E-state index contributed by atoms with van der Waals surface area (Å²) < 4.78 is 6.67. The maximum absolute atomic E-state index is 6.67. The fourth-order valence-corrected chi connectivity index (χ4v) is 6.63. The fourth-order valence-electron chi connectivity index (χ4n) is 6.48. The third kappa shape index (κ3) is 9.01. The lowest BCUT2D eigenvalue weighted by Crippen LogP contribution is -2.00. The Bertz CT molecular complexity index is 1790. The summed E-state index contributed by atoms with van der Waals surface area (Å²) in [5, 5.41) is 0. The van der Waals surface area contributed by atoms with Gasteiger partial charge in [-0.1, -0.05) is 141 Å². The molecular formula is C47H48OS. The zero-order valence-corrected chi connectivity index (χ0v) is 30.1. The molecule has 49 heavy (non-hydrogen) atoms. The molecule has 0 unspecified atom stereocenters. The van der Waals surface area contributed by atoms with E-state index in [1.807, 2.05) is 0 Å². The quantitative estimate of drug-likeness (QED) is 0.114. The van der Waals surface area contributed by atoms with Gasteiger partial charge >= 0.3 is 0 Å². The first-order valence-electron chi connectivity index (χ1n) is 17.9. The largest absolute Gasteiger partial charge is 0.372 e. The van der Waals surface area contributed by atoms with Crippen LogP contribution in [0.3, 0.4) is 0 Å². The van der Waals surface area contributed by atoms with Crippen LogP contribution in [0.1, 0.15) is 67.3 Å². The van der Waals surface area contributed by atoms with Crippen molar-refractivity contribution >= 4 is 12.6 Å². The van der Waals surface area contributed by atoms with Crippen molar-refractivity contribution in [2.24, 2.45) is 0 Å². The molecule has 0 fully saturated rings. The van der Waals surface area contributed by atoms with E-state index < -0.39 is 0 Å². The Morgan fingerprint density at radius 1 is 0.449 bits per heavy atom. The van der Waals surface area contributed by atoms with E-state index >= 15 is 0 Å². The minimum Gasteiger partial charge on any atom is -0.372 e. The molecule has 0 aliphatic rings. The molecule has 1 nitrogen and oxygen atoms in total. The molecule has 0 aliphatic heterocycles. The topological polar surface area (TPSA) is 9.23 Å². The second-order valence-corrected chi connectivity index (χ2v) is 13.8. The normalized spacial score (nSPS) is 11.2. The number of unbranched alkanes of at least 4 members (excludes halogenated alkanes) is 2. The number of hydrogen-bond acceptors (Lipinski definition) is 2. The summed E-state index contributed by atoms with van der Waals surface area (Å²) in [4.78, 5) is 0.959. The van der Waals surface area contributed by atoms with E-state index in [0.717, 1.165) is 17.7 Å². The molecule has 0 heterocycles. The first-order chi connectivity index (χ1) is 24.0. The zero-order chi connectivity index (χ0) is 34.0. The number of thiol groups is 1. The molecule has 0 saturated carbocycles. The predicted molar refractivity (Wildman–Crippen MR) is 212 cm³/mol. The summed E-state index contributed by atoms with van der Waals surface area (Å²) in [6.45, 7) is 7.65. The molecule has 0 spiro atoms. The van der Waals surface area contributed by atoms with E-state index in [1.165, 1.54) is 98.0 Å². The van der Waals surface area contributed by atoms with Crippen molar-refractivity contribution in [1.29, 1.82) is 0 Å². The summed E-state index contributed by atoms with van der Waals surface area (Å²) in [6, 6.07) is 49.0. The molecule has 2 heteroatoms. The molecule has 0 N–H and O–H groups in total. The Balaban J connectivity index is 1.30. The Morgan fingerprint density at radius 3 is 1.27 bits per heavy atom. The van der Waals surface area contributed by atoms with E-state index in [-0.39, 0.29) is 0 Å². The second kappa shape index (κ2) is 16.8. The smallest absolute Gasteiger partial charge is 0.0727 e. The van der Waals surface area contributed by atoms with Crippen LogP contribution in [0.2, 0.25) is 0 Å². The van der Waals surface area contributed by atoms with Gasteiger partial charge in [0.1, 0.15) is 0 Å². The van der Waals surface area contributed by atoms with Gasteiger partial charge in [0.05, 0.1) is 13.2 Å². The van der Waals surface area contributed by atoms with Gasteiger partial charge in [-0.15, -0.1) is 12.6 Å². The average molecular weight is 661 g/mol. The SMILES string of the molecule is CCCCc1ccc(-c2ccc(-c3ccc(C)cc3)c(COCc3cc(-c4ccc(CCCC)cc4)ccc3-c3ccc(S)cc3)c2)cc1. The lowest BCUT2D eigenvalue weighted by Gasteiger charge is -2.16. The molecule has 6 aromatic rings. The van der Waals surface area contributed by atoms with E-state index in [2.05, 4.69) is 167 Å². The first kappa shape index (κ1) is 34.5. The van der Waals surface area contributed by atoms with Crippen molar-refractivity contribution in [3.05, 3.63) is 161 Å². The number of aryl methyl sites for hydroxylation is 3. The van der Waals surface area contributed by atoms with Gasteiger partial charge in [-0.2, -0.15) is 0 Å². The van der Waals surface area contributed by atoms with Crippen LogP contribution >= 0.6 is 12.6 Å². The van der Waals surface area contributed by atoms with E-state index in [4.69, 9.17) is 4.74 Å². The van der Waals surface area contributed by atoms with Crippen molar-refractivity contribution in [1.82, 2.24) is 0 Å². The van der Waals surface area contributed by atoms with Crippen molar-refractivity contribution in [2.75, 3.05) is 0 Å². The summed E-state index contributed by atoms with van der Waals surface area (Å²) in [6.07, 6.45) is 7.14. The summed E-state index contributed by atoms with van der Waals surface area (Å²) in [5.74, 6) is 0. The van der Waals surface area contributed by atoms with Crippen molar-refractivity contribution < 1.29 is 4.74 Å². The van der Waals surface area contributed by atoms with Crippen molar-refractivity contribution in [3.63, 3.8) is 0 Å². The van der Waals surface area contributed by atoms with Crippen LogP contribution in [0.15, 0.2) is 138 Å². The van der Waals surface area contributed by atoms with Gasteiger partial charge in [0.2, 0.25) is 0 Å². The van der Waals surface area contributed by atoms with Gasteiger partial charge in [0.25, 0.3) is 0 Å². The molecule has 6 rings (SSSR count). The van der Waals surface area contributed by atoms with Gasteiger partial charge in [-0.25, -0.2) is 0 Å². The van der Waals surface area contributed by atoms with Crippen LogP contribution in [0.5, 0.6) is 0 Å². The monoisotopic (exact) mass is 660 g/mol. The minimum atomic E-state index is 0.504. The highest BCUT2D eigenvalue weighted by molar-refractivity contribution is 7.80. The highest BCUT2D eigenvalue weighted by Crippen LogP contribution is 2.33. The number of rotatable bonds is 14. The Labute approximate surface area is 299 Å². The fraction of sp³-hybridized carbons (Fsp3) is 0.234. The van der Waals surface area contributed by atoms with Crippen LogP contribution in [-0.2, 0) is 30.8 Å². The number of hydrogen-bond donors (Lipinski definition) is 1. The standard InChI is InChI=1S/C47H48OS/c1-4-6-8-35-12-18-37(19-13-35)41-24-28-46(39-16-10-34(3)11-17-39)43(30-41)32-48-33-44-31-42(38-20-14-36(15-21-38)9-7-5-2)25-29-47(44)40-22-26-45(49)27-23-40/h10-31,49H,4-9,32-33H2,1-3H3. The van der Waals surface area contributed by atoms with Gasteiger partial charge < -0.3 is 4.74 Å². The van der Waals surface area contributed by atoms with Gasteiger partial charge in [-0.05, 0) is 124 Å². The molecule has 6 aromatic carbocycles. The second-order valence-electron chi connectivity index (χ2n) is 13.3. The molecule has 0 amide bonds. The van der Waals surface area contributed by atoms with Crippen LogP contribution in [0.4, 0.5) is 0 Å². The summed E-state index contributed by atoms with van der Waals surface area (Å²) >= 11 is 4.53. The zero-order valence-electron chi connectivity index (χ0n) is 29.2. The third-order valence-electron chi connectivity index (χ3n) is 9.48. The third-order valence-corrected chi connectivity index (χ3v) is 9.78. The molecule has 0 aliphatic carbocycles. The molecule has 0 aromatic heterocycles. The highest BCUT2D eigenvalue weighted by Gasteiger charge is 2.12. The van der Waals surface area contributed by atoms with Crippen LogP contribution in [-0.4, -0.2) is 0 Å². The van der Waals surface area contributed by atoms with Gasteiger partial charge in [0, 0.05) is 4.90 Å². The molecule has 0 bridgehead atoms. The Hall–Kier alpha value is -4.37. The maximum atomic E-state index is 6.67. The molecular weight excluding hydrogens is 613 g/mol. The van der Waals surface area contributed by atoms with E-state index in [9.17, 15) is 0 Å². The number of ether oxygens (including phenoxy) is 1. The lowest BCUT2D eigenvalue weighted by atomic mass is 9.94. The maximum Gasteiger partial charge on any atom is 0.0727 e. The van der Waals surface area contributed by atoms with Crippen molar-refractivity contribution in [3.8, 4) is 44.5 Å². The highest BCUT2D eigenvalue weighted by atomic mass is 32.1. The van der Waals surface area contributed by atoms with Gasteiger partial charge in [0.15, 0.2) is 0 Å². The summed E-state index contributed by atoms with van der Waals surface area (Å²) in [7, 11) is 0. The summed E-state index contributed by atoms with van der Waals surface area (Å²) in [5.41, 5.74) is 16.1. The van der Waals surface area contributed by atoms with E-state index in [1.54, 1.807) is 0 Å².